The Morgan fingerprint density at radius 3 is 2.30 bits per heavy atom. The summed E-state index contributed by atoms with van der Waals surface area (Å²) in [4.78, 5) is 34.0. The first-order chi connectivity index (χ1) is 9.15. The number of esters is 2. The molecule has 7 nitrogen and oxygen atoms in total. The van der Waals surface area contributed by atoms with Gasteiger partial charge in [-0.25, -0.2) is 0 Å². The van der Waals surface area contributed by atoms with Gasteiger partial charge in [-0.2, -0.15) is 0 Å². The normalized spacial score (nSPS) is 12.4. The number of nitrogens with two attached hydrogens (primary N) is 1. The first-order valence-corrected chi connectivity index (χ1v) is 6.56. The first-order valence-electron chi connectivity index (χ1n) is 6.56. The summed E-state index contributed by atoms with van der Waals surface area (Å²) in [6, 6.07) is -0.864. The van der Waals surface area contributed by atoms with Gasteiger partial charge in [0, 0.05) is 6.42 Å². The lowest BCUT2D eigenvalue weighted by molar-refractivity contribution is -0.155. The lowest BCUT2D eigenvalue weighted by Crippen LogP contribution is -2.43. The van der Waals surface area contributed by atoms with E-state index in [1.807, 2.05) is 0 Å². The van der Waals surface area contributed by atoms with E-state index in [1.54, 1.807) is 27.7 Å². The van der Waals surface area contributed by atoms with Gasteiger partial charge in [0.1, 0.15) is 12.1 Å². The van der Waals surface area contributed by atoms with Crippen molar-refractivity contribution in [2.45, 2.75) is 52.2 Å². The van der Waals surface area contributed by atoms with Gasteiger partial charge in [-0.1, -0.05) is 0 Å². The summed E-state index contributed by atoms with van der Waals surface area (Å²) in [5, 5.41) is 2.35. The van der Waals surface area contributed by atoms with Crippen molar-refractivity contribution in [3.63, 3.8) is 0 Å². The van der Waals surface area contributed by atoms with E-state index in [2.05, 4.69) is 10.1 Å². The highest BCUT2D eigenvalue weighted by Crippen LogP contribution is 2.09. The minimum Gasteiger partial charge on any atom is -0.465 e. The summed E-state index contributed by atoms with van der Waals surface area (Å²) < 4.78 is 9.75. The summed E-state index contributed by atoms with van der Waals surface area (Å²) in [6.07, 6.45) is 0.203. The van der Waals surface area contributed by atoms with Gasteiger partial charge in [-0.3, -0.25) is 14.4 Å². The largest absolute Gasteiger partial charge is 0.465 e. The van der Waals surface area contributed by atoms with Gasteiger partial charge in [-0.05, 0) is 34.1 Å². The fraction of sp³-hybridized carbons (Fsp3) is 0.769. The number of rotatable bonds is 7. The lowest BCUT2D eigenvalue weighted by Gasteiger charge is -2.20. The molecule has 3 N–H and O–H groups in total. The van der Waals surface area contributed by atoms with Crippen LogP contribution >= 0.6 is 0 Å². The minimum atomic E-state index is -0.864. The van der Waals surface area contributed by atoms with E-state index in [1.165, 1.54) is 0 Å². The third-order valence-corrected chi connectivity index (χ3v) is 2.13. The van der Waals surface area contributed by atoms with Crippen molar-refractivity contribution in [1.82, 2.24) is 5.32 Å². The van der Waals surface area contributed by atoms with Crippen molar-refractivity contribution in [2.24, 2.45) is 5.73 Å². The summed E-state index contributed by atoms with van der Waals surface area (Å²) in [7, 11) is 0. The van der Waals surface area contributed by atoms with Gasteiger partial charge in [0.05, 0.1) is 12.6 Å². The fourth-order valence-electron chi connectivity index (χ4n) is 1.30. The molecule has 20 heavy (non-hydrogen) atoms. The maximum Gasteiger partial charge on any atom is 0.325 e. The zero-order valence-electron chi connectivity index (χ0n) is 12.5. The number of amides is 1. The maximum absolute atomic E-state index is 11.6. The van der Waals surface area contributed by atoms with Crippen LogP contribution in [-0.4, -0.2) is 42.6 Å². The number of carbonyl (C=O) groups excluding carboxylic acids is 3. The standard InChI is InChI=1S/C13H24N2O5/c1-5-19-11(17)8-15-12(18)9(14)6-7-10(16)20-13(2,3)4/h9H,5-8,14H2,1-4H3,(H,15,18)/t9-/m0/s1. The van der Waals surface area contributed by atoms with E-state index < -0.39 is 29.5 Å². The van der Waals surface area contributed by atoms with E-state index in [0.717, 1.165) is 0 Å². The van der Waals surface area contributed by atoms with Crippen LogP contribution in [0, 0.1) is 0 Å². The molecule has 0 fully saturated rings. The monoisotopic (exact) mass is 288 g/mol. The molecule has 0 aliphatic heterocycles. The Morgan fingerprint density at radius 2 is 1.80 bits per heavy atom. The molecule has 0 aliphatic carbocycles. The summed E-state index contributed by atoms with van der Waals surface area (Å²) in [6.45, 7) is 6.98. The SMILES string of the molecule is CCOC(=O)CNC(=O)[C@@H](N)CCC(=O)OC(C)(C)C. The Morgan fingerprint density at radius 1 is 1.20 bits per heavy atom. The van der Waals surface area contributed by atoms with Gasteiger partial charge in [0.15, 0.2) is 0 Å². The van der Waals surface area contributed by atoms with Crippen molar-refractivity contribution in [3.05, 3.63) is 0 Å². The third kappa shape index (κ3) is 9.32. The van der Waals surface area contributed by atoms with Crippen LogP contribution < -0.4 is 11.1 Å². The van der Waals surface area contributed by atoms with Crippen molar-refractivity contribution in [2.75, 3.05) is 13.2 Å². The van der Waals surface area contributed by atoms with E-state index >= 15 is 0 Å². The van der Waals surface area contributed by atoms with Crippen LogP contribution in [0.3, 0.4) is 0 Å². The van der Waals surface area contributed by atoms with E-state index in [-0.39, 0.29) is 26.0 Å². The molecule has 0 radical (unpaired) electrons. The molecule has 0 aliphatic rings. The predicted molar refractivity (Wildman–Crippen MR) is 72.7 cm³/mol. The molecule has 0 bridgehead atoms. The highest BCUT2D eigenvalue weighted by Gasteiger charge is 2.20. The molecular weight excluding hydrogens is 264 g/mol. The Hall–Kier alpha value is -1.63. The van der Waals surface area contributed by atoms with Crippen molar-refractivity contribution in [3.8, 4) is 0 Å². The smallest absolute Gasteiger partial charge is 0.325 e. The van der Waals surface area contributed by atoms with Crippen molar-refractivity contribution >= 4 is 17.8 Å². The van der Waals surface area contributed by atoms with Gasteiger partial charge in [0.2, 0.25) is 5.91 Å². The summed E-state index contributed by atoms with van der Waals surface area (Å²) >= 11 is 0. The van der Waals surface area contributed by atoms with Crippen LogP contribution in [0.4, 0.5) is 0 Å². The number of nitrogens with one attached hydrogen (secondary N) is 1. The second-order valence-corrected chi connectivity index (χ2v) is 5.25. The van der Waals surface area contributed by atoms with Gasteiger partial charge < -0.3 is 20.5 Å². The van der Waals surface area contributed by atoms with Crippen LogP contribution in [0.1, 0.15) is 40.5 Å². The average molecular weight is 288 g/mol. The average Bonchev–Trinajstić information content (AvgIpc) is 2.31. The van der Waals surface area contributed by atoms with E-state index in [9.17, 15) is 14.4 Å². The topological polar surface area (TPSA) is 108 Å². The Balaban J connectivity index is 3.97. The summed E-state index contributed by atoms with van der Waals surface area (Å²) in [5.74, 6) is -1.44. The molecule has 7 heteroatoms. The molecule has 116 valence electrons. The molecule has 0 saturated heterocycles. The molecule has 0 aromatic heterocycles. The number of ether oxygens (including phenoxy) is 2. The first kappa shape index (κ1) is 18.4. The van der Waals surface area contributed by atoms with Gasteiger partial charge in [0.25, 0.3) is 0 Å². The molecule has 0 heterocycles. The Labute approximate surface area is 119 Å². The highest BCUT2D eigenvalue weighted by molar-refractivity contribution is 5.85. The zero-order chi connectivity index (χ0) is 15.8. The molecule has 0 saturated carbocycles. The zero-order valence-corrected chi connectivity index (χ0v) is 12.5. The predicted octanol–water partition coefficient (Wildman–Crippen LogP) is 0.115. The molecule has 1 atom stereocenters. The summed E-state index contributed by atoms with van der Waals surface area (Å²) in [5.41, 5.74) is 5.06. The molecule has 0 unspecified atom stereocenters. The van der Waals surface area contributed by atoms with E-state index in [4.69, 9.17) is 10.5 Å². The van der Waals surface area contributed by atoms with Crippen LogP contribution in [0.15, 0.2) is 0 Å². The molecule has 0 aromatic carbocycles. The Kier molecular flexibility index (Phi) is 7.83. The van der Waals surface area contributed by atoms with Crippen LogP contribution in [0.25, 0.3) is 0 Å². The van der Waals surface area contributed by atoms with Crippen LogP contribution in [0.5, 0.6) is 0 Å². The highest BCUT2D eigenvalue weighted by atomic mass is 16.6. The van der Waals surface area contributed by atoms with Crippen LogP contribution in [0.2, 0.25) is 0 Å². The van der Waals surface area contributed by atoms with Crippen LogP contribution in [-0.2, 0) is 23.9 Å². The third-order valence-electron chi connectivity index (χ3n) is 2.13. The molecule has 1 amide bonds. The molecular formula is C13H24N2O5. The number of carbonyl (C=O) groups is 3. The quantitative estimate of drug-likeness (QED) is 0.644. The fourth-order valence-corrected chi connectivity index (χ4v) is 1.30. The van der Waals surface area contributed by atoms with Gasteiger partial charge >= 0.3 is 11.9 Å². The maximum atomic E-state index is 11.6. The number of hydrogen-bond acceptors (Lipinski definition) is 6. The Bertz CT molecular complexity index is 349. The minimum absolute atomic E-state index is 0.0469. The van der Waals surface area contributed by atoms with Crippen molar-refractivity contribution in [1.29, 1.82) is 0 Å². The number of hydrogen-bond donors (Lipinski definition) is 2. The molecule has 0 rings (SSSR count). The molecule has 0 spiro atoms. The lowest BCUT2D eigenvalue weighted by atomic mass is 10.1. The van der Waals surface area contributed by atoms with Crippen molar-refractivity contribution < 1.29 is 23.9 Å². The second-order valence-electron chi connectivity index (χ2n) is 5.25. The van der Waals surface area contributed by atoms with E-state index in [0.29, 0.717) is 0 Å². The molecule has 0 aromatic rings. The van der Waals surface area contributed by atoms with Gasteiger partial charge in [-0.15, -0.1) is 0 Å². The second kappa shape index (κ2) is 8.52.